The molecule has 0 fully saturated rings. The second kappa shape index (κ2) is 6.54. The summed E-state index contributed by atoms with van der Waals surface area (Å²) in [7, 11) is -3.15. The van der Waals surface area contributed by atoms with Crippen LogP contribution in [0.3, 0.4) is 0 Å². The zero-order valence-corrected chi connectivity index (χ0v) is 15.3. The van der Waals surface area contributed by atoms with E-state index in [1.807, 2.05) is 37.3 Å². The lowest BCUT2D eigenvalue weighted by molar-refractivity contribution is 0.602. The highest BCUT2D eigenvalue weighted by Gasteiger charge is 2.10. The molecule has 1 N–H and O–H groups in total. The van der Waals surface area contributed by atoms with Gasteiger partial charge in [-0.25, -0.2) is 8.42 Å². The molecule has 21 heavy (non-hydrogen) atoms. The van der Waals surface area contributed by atoms with Gasteiger partial charge in [-0.1, -0.05) is 23.7 Å². The van der Waals surface area contributed by atoms with Crippen molar-refractivity contribution in [3.05, 3.63) is 56.6 Å². The average Bonchev–Trinajstić information content (AvgIpc) is 2.41. The fourth-order valence-corrected chi connectivity index (χ4v) is 3.58. The van der Waals surface area contributed by atoms with Crippen molar-refractivity contribution in [2.75, 3.05) is 11.6 Å². The number of halogens is 2. The molecule has 0 amide bonds. The van der Waals surface area contributed by atoms with Gasteiger partial charge in [0.2, 0.25) is 0 Å². The molecule has 0 aliphatic heterocycles. The van der Waals surface area contributed by atoms with E-state index < -0.39 is 9.84 Å². The van der Waals surface area contributed by atoms with Crippen LogP contribution < -0.4 is 5.32 Å². The molecule has 0 radical (unpaired) electrons. The van der Waals surface area contributed by atoms with E-state index in [-0.39, 0.29) is 6.04 Å². The first-order chi connectivity index (χ1) is 9.77. The van der Waals surface area contributed by atoms with Crippen LogP contribution in [0.1, 0.15) is 18.5 Å². The molecular formula is C15H15ClINO2S. The van der Waals surface area contributed by atoms with Gasteiger partial charge in [-0.05, 0) is 65.4 Å². The van der Waals surface area contributed by atoms with Crippen molar-refractivity contribution in [1.82, 2.24) is 0 Å². The highest BCUT2D eigenvalue weighted by atomic mass is 127. The predicted octanol–water partition coefficient (Wildman–Crippen LogP) is 4.52. The Balaban J connectivity index is 2.18. The van der Waals surface area contributed by atoms with Gasteiger partial charge in [0.15, 0.2) is 9.84 Å². The quantitative estimate of drug-likeness (QED) is 0.718. The van der Waals surface area contributed by atoms with Gasteiger partial charge in [0.25, 0.3) is 0 Å². The molecule has 1 atom stereocenters. The molecule has 6 heteroatoms. The van der Waals surface area contributed by atoms with Crippen LogP contribution in [0.4, 0.5) is 5.69 Å². The maximum atomic E-state index is 11.5. The Hall–Kier alpha value is -0.790. The molecule has 0 aliphatic carbocycles. The van der Waals surface area contributed by atoms with Crippen LogP contribution in [0.25, 0.3) is 0 Å². The van der Waals surface area contributed by atoms with E-state index in [9.17, 15) is 8.42 Å². The van der Waals surface area contributed by atoms with Gasteiger partial charge in [0, 0.05) is 26.6 Å². The third kappa shape index (κ3) is 4.34. The van der Waals surface area contributed by atoms with E-state index in [0.29, 0.717) is 9.92 Å². The highest BCUT2D eigenvalue weighted by Crippen LogP contribution is 2.26. The molecule has 3 nitrogen and oxygen atoms in total. The largest absolute Gasteiger partial charge is 0.378 e. The minimum atomic E-state index is -3.15. The number of benzene rings is 2. The summed E-state index contributed by atoms with van der Waals surface area (Å²) in [6.45, 7) is 2.03. The van der Waals surface area contributed by atoms with Gasteiger partial charge >= 0.3 is 0 Å². The fourth-order valence-electron chi connectivity index (χ4n) is 1.93. The maximum Gasteiger partial charge on any atom is 0.175 e. The van der Waals surface area contributed by atoms with Crippen LogP contribution in [-0.2, 0) is 9.84 Å². The van der Waals surface area contributed by atoms with Gasteiger partial charge < -0.3 is 5.32 Å². The van der Waals surface area contributed by atoms with Gasteiger partial charge in [-0.15, -0.1) is 0 Å². The molecule has 0 heterocycles. The number of sulfone groups is 1. The van der Waals surface area contributed by atoms with Crippen LogP contribution in [-0.4, -0.2) is 14.7 Å². The average molecular weight is 436 g/mol. The first-order valence-corrected chi connectivity index (χ1v) is 9.64. The highest BCUT2D eigenvalue weighted by molar-refractivity contribution is 14.1. The molecule has 0 spiro atoms. The topological polar surface area (TPSA) is 46.2 Å². The first-order valence-electron chi connectivity index (χ1n) is 6.29. The van der Waals surface area contributed by atoms with E-state index in [2.05, 4.69) is 27.9 Å². The van der Waals surface area contributed by atoms with E-state index in [0.717, 1.165) is 14.8 Å². The summed E-state index contributed by atoms with van der Waals surface area (Å²) in [5.41, 5.74) is 2.02. The molecule has 0 aliphatic rings. The van der Waals surface area contributed by atoms with Crippen molar-refractivity contribution in [3.63, 3.8) is 0 Å². The van der Waals surface area contributed by atoms with Crippen LogP contribution in [0.5, 0.6) is 0 Å². The zero-order chi connectivity index (χ0) is 15.6. The Morgan fingerprint density at radius 1 is 1.14 bits per heavy atom. The molecule has 0 saturated carbocycles. The molecular weight excluding hydrogens is 421 g/mol. The van der Waals surface area contributed by atoms with Crippen LogP contribution >= 0.6 is 34.2 Å². The molecule has 0 bridgehead atoms. The smallest absolute Gasteiger partial charge is 0.175 e. The molecule has 2 aromatic rings. The molecule has 112 valence electrons. The number of hydrogen-bond donors (Lipinski definition) is 1. The normalized spacial score (nSPS) is 13.0. The van der Waals surface area contributed by atoms with Gasteiger partial charge in [-0.3, -0.25) is 0 Å². The molecule has 1 unspecified atom stereocenters. The summed E-state index contributed by atoms with van der Waals surface area (Å²) in [6, 6.07) is 12.7. The Kier molecular flexibility index (Phi) is 5.16. The maximum absolute atomic E-state index is 11.5. The van der Waals surface area contributed by atoms with Crippen molar-refractivity contribution >= 4 is 49.7 Å². The Morgan fingerprint density at radius 2 is 1.76 bits per heavy atom. The summed E-state index contributed by atoms with van der Waals surface area (Å²) < 4.78 is 23.9. The Bertz CT molecular complexity index is 745. The lowest BCUT2D eigenvalue weighted by Crippen LogP contribution is -2.08. The van der Waals surface area contributed by atoms with Gasteiger partial charge in [0.05, 0.1) is 4.90 Å². The predicted molar refractivity (Wildman–Crippen MR) is 95.8 cm³/mol. The first kappa shape index (κ1) is 16.6. The van der Waals surface area contributed by atoms with Crippen LogP contribution in [0.2, 0.25) is 5.02 Å². The van der Waals surface area contributed by atoms with Crippen LogP contribution in [0.15, 0.2) is 47.4 Å². The molecule has 2 rings (SSSR count). The fraction of sp³-hybridized carbons (Fsp3) is 0.200. The van der Waals surface area contributed by atoms with E-state index in [1.165, 1.54) is 6.26 Å². The lowest BCUT2D eigenvalue weighted by atomic mass is 10.1. The van der Waals surface area contributed by atoms with Crippen molar-refractivity contribution in [2.45, 2.75) is 17.9 Å². The lowest BCUT2D eigenvalue weighted by Gasteiger charge is -2.17. The van der Waals surface area contributed by atoms with Crippen molar-refractivity contribution in [3.8, 4) is 0 Å². The number of rotatable bonds is 4. The number of anilines is 1. The van der Waals surface area contributed by atoms with E-state index in [1.54, 1.807) is 12.1 Å². The van der Waals surface area contributed by atoms with Crippen molar-refractivity contribution in [2.24, 2.45) is 0 Å². The van der Waals surface area contributed by atoms with Crippen molar-refractivity contribution < 1.29 is 8.42 Å². The summed E-state index contributed by atoms with van der Waals surface area (Å²) in [6.07, 6.45) is 1.21. The van der Waals surface area contributed by atoms with Crippen molar-refractivity contribution in [1.29, 1.82) is 0 Å². The third-order valence-corrected chi connectivity index (χ3v) is 5.37. The van der Waals surface area contributed by atoms with Gasteiger partial charge in [-0.2, -0.15) is 0 Å². The minimum Gasteiger partial charge on any atom is -0.378 e. The van der Waals surface area contributed by atoms with Gasteiger partial charge in [0.1, 0.15) is 0 Å². The summed E-state index contributed by atoms with van der Waals surface area (Å²) in [4.78, 5) is 0.333. The Labute approximate surface area is 143 Å². The number of nitrogens with one attached hydrogen (secondary N) is 1. The monoisotopic (exact) mass is 435 g/mol. The minimum absolute atomic E-state index is 0.0632. The SMILES string of the molecule is CC(Nc1ccc(Cl)cc1I)c1ccc(S(C)(=O)=O)cc1. The van der Waals surface area contributed by atoms with E-state index in [4.69, 9.17) is 11.6 Å². The Morgan fingerprint density at radius 3 is 2.29 bits per heavy atom. The summed E-state index contributed by atoms with van der Waals surface area (Å²) in [5, 5.41) is 4.10. The van der Waals surface area contributed by atoms with E-state index >= 15 is 0 Å². The number of hydrogen-bond acceptors (Lipinski definition) is 3. The zero-order valence-electron chi connectivity index (χ0n) is 11.6. The standard InChI is InChI=1S/C15H15ClINO2S/c1-10(18-15-8-5-12(16)9-14(15)17)11-3-6-13(7-4-11)21(2,19)20/h3-10,18H,1-2H3. The molecule has 0 aromatic heterocycles. The van der Waals surface area contributed by atoms with Crippen LogP contribution in [0, 0.1) is 3.57 Å². The second-order valence-corrected chi connectivity index (χ2v) is 8.45. The summed E-state index contributed by atoms with van der Waals surface area (Å²) in [5.74, 6) is 0. The second-order valence-electron chi connectivity index (χ2n) is 4.83. The summed E-state index contributed by atoms with van der Waals surface area (Å²) >= 11 is 8.17. The molecule has 2 aromatic carbocycles. The third-order valence-electron chi connectivity index (χ3n) is 3.11. The molecule has 0 saturated heterocycles.